The third kappa shape index (κ3) is 4.55. The van der Waals surface area contributed by atoms with Crippen molar-refractivity contribution in [1.82, 2.24) is 10.6 Å². The van der Waals surface area contributed by atoms with E-state index in [1.165, 1.54) is 19.3 Å². The standard InChI is InChI=1S/C26H37N3O3/c1-15(2)23(24(31)27-14-22(30)28-21-7-5-6-16(3)17(21)4)29-25(32)26-11-18-8-19(12-26)10-20(9-18)13-26/h5-7,15,18-20,23H,8-14H2,1-4H3,(H,27,31)(H,28,30)(H,29,32)/t18?,19?,20?,23-,26?/m1/s1. The fraction of sp³-hybridized carbons (Fsp3) is 0.654. The first-order valence-electron chi connectivity index (χ1n) is 12.1. The van der Waals surface area contributed by atoms with Gasteiger partial charge in [0.05, 0.1) is 6.54 Å². The lowest BCUT2D eigenvalue weighted by atomic mass is 9.49. The summed E-state index contributed by atoms with van der Waals surface area (Å²) in [5.74, 6) is 1.43. The molecule has 5 rings (SSSR count). The molecule has 0 heterocycles. The smallest absolute Gasteiger partial charge is 0.243 e. The van der Waals surface area contributed by atoms with Crippen molar-refractivity contribution in [3.8, 4) is 0 Å². The van der Waals surface area contributed by atoms with Gasteiger partial charge in [-0.3, -0.25) is 14.4 Å². The highest BCUT2D eigenvalue weighted by molar-refractivity contribution is 5.97. The number of hydrogen-bond acceptors (Lipinski definition) is 3. The van der Waals surface area contributed by atoms with E-state index in [4.69, 9.17) is 0 Å². The third-order valence-electron chi connectivity index (χ3n) is 8.06. The quantitative estimate of drug-likeness (QED) is 0.605. The van der Waals surface area contributed by atoms with E-state index in [9.17, 15) is 14.4 Å². The number of anilines is 1. The van der Waals surface area contributed by atoms with Crippen molar-refractivity contribution in [2.75, 3.05) is 11.9 Å². The Labute approximate surface area is 191 Å². The number of carbonyl (C=O) groups excluding carboxylic acids is 3. The second kappa shape index (κ2) is 8.87. The lowest BCUT2D eigenvalue weighted by Crippen LogP contribution is -2.58. The Bertz CT molecular complexity index is 872. The van der Waals surface area contributed by atoms with Crippen molar-refractivity contribution in [3.05, 3.63) is 29.3 Å². The topological polar surface area (TPSA) is 87.3 Å². The molecule has 4 bridgehead atoms. The highest BCUT2D eigenvalue weighted by atomic mass is 16.2. The predicted octanol–water partition coefficient (Wildman–Crippen LogP) is 3.72. The van der Waals surface area contributed by atoms with E-state index in [2.05, 4.69) is 16.0 Å². The summed E-state index contributed by atoms with van der Waals surface area (Å²) in [7, 11) is 0. The highest BCUT2D eigenvalue weighted by Crippen LogP contribution is 2.60. The molecular formula is C26H37N3O3. The van der Waals surface area contributed by atoms with Crippen molar-refractivity contribution in [1.29, 1.82) is 0 Å². The van der Waals surface area contributed by atoms with E-state index < -0.39 is 6.04 Å². The summed E-state index contributed by atoms with van der Waals surface area (Å²) < 4.78 is 0. The number of aryl methyl sites for hydroxylation is 1. The summed E-state index contributed by atoms with van der Waals surface area (Å²) in [6.07, 6.45) is 6.73. The van der Waals surface area contributed by atoms with Crippen LogP contribution in [0.15, 0.2) is 18.2 Å². The van der Waals surface area contributed by atoms with Gasteiger partial charge in [0.1, 0.15) is 6.04 Å². The Morgan fingerprint density at radius 1 is 1.00 bits per heavy atom. The van der Waals surface area contributed by atoms with Gasteiger partial charge in [0.25, 0.3) is 0 Å². The van der Waals surface area contributed by atoms with Gasteiger partial charge in [-0.1, -0.05) is 26.0 Å². The van der Waals surface area contributed by atoms with Crippen molar-refractivity contribution in [2.45, 2.75) is 72.3 Å². The van der Waals surface area contributed by atoms with Gasteiger partial charge in [-0.25, -0.2) is 0 Å². The molecule has 3 N–H and O–H groups in total. The molecule has 1 aromatic carbocycles. The normalized spacial score (nSPS) is 29.0. The fourth-order valence-electron chi connectivity index (χ4n) is 6.58. The van der Waals surface area contributed by atoms with Crippen LogP contribution in [0.25, 0.3) is 0 Å². The van der Waals surface area contributed by atoms with Gasteiger partial charge in [0.15, 0.2) is 0 Å². The Morgan fingerprint density at radius 2 is 1.59 bits per heavy atom. The van der Waals surface area contributed by atoms with Crippen molar-refractivity contribution < 1.29 is 14.4 Å². The molecule has 0 aliphatic heterocycles. The van der Waals surface area contributed by atoms with Crippen LogP contribution in [0.4, 0.5) is 5.69 Å². The fourth-order valence-corrected chi connectivity index (χ4v) is 6.58. The van der Waals surface area contributed by atoms with Gasteiger partial charge >= 0.3 is 0 Å². The Kier molecular flexibility index (Phi) is 6.33. The third-order valence-corrected chi connectivity index (χ3v) is 8.06. The number of hydrogen-bond donors (Lipinski definition) is 3. The zero-order valence-electron chi connectivity index (χ0n) is 19.8. The molecule has 0 spiro atoms. The van der Waals surface area contributed by atoms with Crippen LogP contribution in [-0.4, -0.2) is 30.3 Å². The molecule has 3 amide bonds. The Balaban J connectivity index is 1.34. The maximum absolute atomic E-state index is 13.4. The average molecular weight is 440 g/mol. The number of nitrogens with one attached hydrogen (secondary N) is 3. The summed E-state index contributed by atoms with van der Waals surface area (Å²) in [4.78, 5) is 38.7. The Hall–Kier alpha value is -2.37. The van der Waals surface area contributed by atoms with Crippen LogP contribution in [0, 0.1) is 42.9 Å². The monoisotopic (exact) mass is 439 g/mol. The number of amides is 3. The van der Waals surface area contributed by atoms with Crippen LogP contribution >= 0.6 is 0 Å². The molecular weight excluding hydrogens is 402 g/mol. The zero-order chi connectivity index (χ0) is 23.0. The molecule has 0 aromatic heterocycles. The van der Waals surface area contributed by atoms with Crippen molar-refractivity contribution in [2.24, 2.45) is 29.1 Å². The number of carbonyl (C=O) groups is 3. The second-order valence-electron chi connectivity index (χ2n) is 10.9. The van der Waals surface area contributed by atoms with Gasteiger partial charge in [-0.05, 0) is 93.2 Å². The minimum Gasteiger partial charge on any atom is -0.345 e. The van der Waals surface area contributed by atoms with Crippen LogP contribution in [0.2, 0.25) is 0 Å². The Morgan fingerprint density at radius 3 is 2.16 bits per heavy atom. The van der Waals surface area contributed by atoms with E-state index >= 15 is 0 Å². The summed E-state index contributed by atoms with van der Waals surface area (Å²) in [5.41, 5.74) is 2.57. The average Bonchev–Trinajstić information content (AvgIpc) is 2.72. The van der Waals surface area contributed by atoms with Gasteiger partial charge in [0.2, 0.25) is 17.7 Å². The summed E-state index contributed by atoms with van der Waals surface area (Å²) in [6.45, 7) is 7.69. The van der Waals surface area contributed by atoms with Gasteiger partial charge in [-0.2, -0.15) is 0 Å². The van der Waals surface area contributed by atoms with Crippen LogP contribution in [0.1, 0.15) is 63.5 Å². The maximum atomic E-state index is 13.4. The minimum atomic E-state index is -0.635. The lowest BCUT2D eigenvalue weighted by molar-refractivity contribution is -0.149. The van der Waals surface area contributed by atoms with E-state index in [0.29, 0.717) is 17.8 Å². The summed E-state index contributed by atoms with van der Waals surface area (Å²) in [5, 5.41) is 8.68. The predicted molar refractivity (Wildman–Crippen MR) is 125 cm³/mol. The molecule has 6 nitrogen and oxygen atoms in total. The molecule has 0 unspecified atom stereocenters. The first-order chi connectivity index (χ1) is 15.2. The molecule has 32 heavy (non-hydrogen) atoms. The first kappa shape index (κ1) is 22.8. The van der Waals surface area contributed by atoms with Crippen LogP contribution in [-0.2, 0) is 14.4 Å². The van der Waals surface area contributed by atoms with Gasteiger partial charge < -0.3 is 16.0 Å². The molecule has 4 saturated carbocycles. The number of benzene rings is 1. The SMILES string of the molecule is Cc1cccc(NC(=O)CNC(=O)[C@H](NC(=O)C23CC4CC(CC(C4)C2)C3)C(C)C)c1C. The van der Waals surface area contributed by atoms with E-state index in [1.807, 2.05) is 45.9 Å². The molecule has 174 valence electrons. The molecule has 6 heteroatoms. The van der Waals surface area contributed by atoms with Crippen LogP contribution in [0.5, 0.6) is 0 Å². The molecule has 1 aromatic rings. The lowest BCUT2D eigenvalue weighted by Gasteiger charge is -2.55. The summed E-state index contributed by atoms with van der Waals surface area (Å²) in [6, 6.07) is 5.10. The van der Waals surface area contributed by atoms with E-state index in [1.54, 1.807) is 0 Å². The summed E-state index contributed by atoms with van der Waals surface area (Å²) >= 11 is 0. The number of rotatable bonds is 7. The van der Waals surface area contributed by atoms with E-state index in [0.717, 1.165) is 36.1 Å². The molecule has 1 atom stereocenters. The maximum Gasteiger partial charge on any atom is 0.243 e. The van der Waals surface area contributed by atoms with Crippen molar-refractivity contribution >= 4 is 23.4 Å². The van der Waals surface area contributed by atoms with E-state index in [-0.39, 0.29) is 35.6 Å². The van der Waals surface area contributed by atoms with Crippen LogP contribution in [0.3, 0.4) is 0 Å². The van der Waals surface area contributed by atoms with Gasteiger partial charge in [0, 0.05) is 11.1 Å². The molecule has 4 aliphatic carbocycles. The molecule has 4 fully saturated rings. The largest absolute Gasteiger partial charge is 0.345 e. The zero-order valence-corrected chi connectivity index (χ0v) is 19.8. The molecule has 0 radical (unpaired) electrons. The molecule has 0 saturated heterocycles. The van der Waals surface area contributed by atoms with Crippen molar-refractivity contribution in [3.63, 3.8) is 0 Å². The minimum absolute atomic E-state index is 0.0466. The molecule has 4 aliphatic rings. The highest BCUT2D eigenvalue weighted by Gasteiger charge is 2.55. The van der Waals surface area contributed by atoms with Crippen LogP contribution < -0.4 is 16.0 Å². The van der Waals surface area contributed by atoms with Gasteiger partial charge in [-0.15, -0.1) is 0 Å². The second-order valence-corrected chi connectivity index (χ2v) is 10.9. The first-order valence-corrected chi connectivity index (χ1v) is 12.1.